The molecule has 1 aliphatic heterocycles. The van der Waals surface area contributed by atoms with Crippen molar-refractivity contribution in [3.05, 3.63) is 57.6 Å². The molecule has 2 aromatic carbocycles. The molecule has 1 fully saturated rings. The quantitative estimate of drug-likeness (QED) is 0.457. The first kappa shape index (κ1) is 24.9. The van der Waals surface area contributed by atoms with E-state index in [1.807, 2.05) is 0 Å². The molecule has 33 heavy (non-hydrogen) atoms. The van der Waals surface area contributed by atoms with Crippen molar-refractivity contribution in [3.8, 4) is 17.6 Å². The topological polar surface area (TPSA) is 79.6 Å². The van der Waals surface area contributed by atoms with Crippen LogP contribution >= 0.6 is 23.2 Å². The third-order valence-corrected chi connectivity index (χ3v) is 6.70. The number of piperidine rings is 1. The largest absolute Gasteiger partial charge is 0.493 e. The third kappa shape index (κ3) is 5.79. The van der Waals surface area contributed by atoms with Crippen LogP contribution in [-0.2, 0) is 4.79 Å². The van der Waals surface area contributed by atoms with E-state index in [2.05, 4.69) is 6.07 Å². The summed E-state index contributed by atoms with van der Waals surface area (Å²) in [6, 6.07) is 12.0. The van der Waals surface area contributed by atoms with E-state index in [1.54, 1.807) is 35.2 Å². The summed E-state index contributed by atoms with van der Waals surface area (Å²) in [4.78, 5) is 28.3. The van der Waals surface area contributed by atoms with Gasteiger partial charge in [-0.05, 0) is 55.2 Å². The predicted octanol–water partition coefficient (Wildman–Crippen LogP) is 5.52. The number of hydrogen-bond donors (Lipinski definition) is 0. The molecule has 1 heterocycles. The third-order valence-electron chi connectivity index (χ3n) is 5.96. The van der Waals surface area contributed by atoms with Crippen LogP contribution in [0.15, 0.2) is 36.4 Å². The fourth-order valence-corrected chi connectivity index (χ4v) is 4.43. The number of ether oxygens (including phenoxy) is 2. The molecular formula is C25H26Cl2N2O4. The molecule has 174 valence electrons. The van der Waals surface area contributed by atoms with Gasteiger partial charge in [-0.1, -0.05) is 29.3 Å². The molecule has 0 aliphatic carbocycles. The van der Waals surface area contributed by atoms with Gasteiger partial charge in [0.05, 0.1) is 30.3 Å². The lowest BCUT2D eigenvalue weighted by Gasteiger charge is -2.31. The molecule has 0 bridgehead atoms. The van der Waals surface area contributed by atoms with Crippen LogP contribution < -0.4 is 9.47 Å². The van der Waals surface area contributed by atoms with E-state index >= 15 is 0 Å². The average molecular weight is 489 g/mol. The van der Waals surface area contributed by atoms with Crippen LogP contribution in [0.4, 0.5) is 0 Å². The second kappa shape index (κ2) is 11.4. The number of benzene rings is 2. The first-order chi connectivity index (χ1) is 15.9. The number of carbonyl (C=O) groups is 2. The number of carbonyl (C=O) groups excluding carboxylic acids is 2. The summed E-state index contributed by atoms with van der Waals surface area (Å²) in [6.07, 6.45) is 2.83. The van der Waals surface area contributed by atoms with E-state index in [1.165, 1.54) is 20.3 Å². The standard InChI is InChI=1S/C25H26Cl2N2O4/c1-32-23-9-7-16(13-24(23)33-2)18(14-22(30)17-6-8-20(26)21(27)12-17)19(15-28)25(31)29-10-4-3-5-11-29/h6-9,12-13,18-19H,3-5,10-11,14H2,1-2H3. The highest BCUT2D eigenvalue weighted by molar-refractivity contribution is 6.42. The van der Waals surface area contributed by atoms with Crippen molar-refractivity contribution in [3.63, 3.8) is 0 Å². The molecule has 0 spiro atoms. The summed E-state index contributed by atoms with van der Waals surface area (Å²) in [5, 5.41) is 10.7. The van der Waals surface area contributed by atoms with E-state index in [-0.39, 0.29) is 23.1 Å². The maximum absolute atomic E-state index is 13.3. The van der Waals surface area contributed by atoms with Crippen LogP contribution in [0.25, 0.3) is 0 Å². The lowest BCUT2D eigenvalue weighted by Crippen LogP contribution is -2.41. The summed E-state index contributed by atoms with van der Waals surface area (Å²) < 4.78 is 10.7. The van der Waals surface area contributed by atoms with Gasteiger partial charge in [0.15, 0.2) is 17.3 Å². The van der Waals surface area contributed by atoms with Gasteiger partial charge in [0.25, 0.3) is 0 Å². The normalized spacial score (nSPS) is 15.3. The Morgan fingerprint density at radius 3 is 2.30 bits per heavy atom. The van der Waals surface area contributed by atoms with Gasteiger partial charge in [-0.25, -0.2) is 0 Å². The molecule has 6 nitrogen and oxygen atoms in total. The van der Waals surface area contributed by atoms with Crippen molar-refractivity contribution in [2.45, 2.75) is 31.6 Å². The van der Waals surface area contributed by atoms with Gasteiger partial charge in [0, 0.05) is 31.0 Å². The molecule has 0 saturated carbocycles. The molecule has 8 heteroatoms. The number of hydrogen-bond acceptors (Lipinski definition) is 5. The van der Waals surface area contributed by atoms with Crippen LogP contribution in [0.1, 0.15) is 47.5 Å². The Bertz CT molecular complexity index is 1060. The Hall–Kier alpha value is -2.75. The van der Waals surface area contributed by atoms with E-state index < -0.39 is 11.8 Å². The molecule has 0 N–H and O–H groups in total. The Labute approximate surface area is 204 Å². The fraction of sp³-hybridized carbons (Fsp3) is 0.400. The second-order valence-electron chi connectivity index (χ2n) is 7.97. The van der Waals surface area contributed by atoms with Crippen molar-refractivity contribution in [1.82, 2.24) is 4.90 Å². The van der Waals surface area contributed by atoms with Gasteiger partial charge in [-0.15, -0.1) is 0 Å². The zero-order chi connectivity index (χ0) is 24.0. The van der Waals surface area contributed by atoms with E-state index in [0.29, 0.717) is 40.7 Å². The number of halogens is 2. The lowest BCUT2D eigenvalue weighted by molar-refractivity contribution is -0.135. The molecule has 2 aromatic rings. The monoisotopic (exact) mass is 488 g/mol. The highest BCUT2D eigenvalue weighted by atomic mass is 35.5. The summed E-state index contributed by atoms with van der Waals surface area (Å²) in [5.41, 5.74) is 1.02. The minimum atomic E-state index is -1.02. The van der Waals surface area contributed by atoms with Gasteiger partial charge in [0.2, 0.25) is 5.91 Å². The first-order valence-electron chi connectivity index (χ1n) is 10.8. The van der Waals surface area contributed by atoms with Crippen molar-refractivity contribution in [2.24, 2.45) is 5.92 Å². The van der Waals surface area contributed by atoms with E-state index in [4.69, 9.17) is 32.7 Å². The Kier molecular flexibility index (Phi) is 8.60. The Morgan fingerprint density at radius 2 is 1.70 bits per heavy atom. The summed E-state index contributed by atoms with van der Waals surface area (Å²) in [5.74, 6) is -1.20. The maximum atomic E-state index is 13.3. The van der Waals surface area contributed by atoms with Crippen LogP contribution in [-0.4, -0.2) is 43.9 Å². The molecule has 3 rings (SSSR count). The number of amides is 1. The smallest absolute Gasteiger partial charge is 0.240 e. The van der Waals surface area contributed by atoms with Crippen molar-refractivity contribution >= 4 is 34.9 Å². The van der Waals surface area contributed by atoms with Crippen LogP contribution in [0.5, 0.6) is 11.5 Å². The van der Waals surface area contributed by atoms with Crippen LogP contribution in [0.3, 0.4) is 0 Å². The molecule has 1 saturated heterocycles. The second-order valence-corrected chi connectivity index (χ2v) is 8.78. The van der Waals surface area contributed by atoms with Gasteiger partial charge in [-0.2, -0.15) is 5.26 Å². The minimum Gasteiger partial charge on any atom is -0.493 e. The number of rotatable bonds is 8. The number of Topliss-reactive ketones (excluding diaryl/α,β-unsaturated/α-hetero) is 1. The highest BCUT2D eigenvalue weighted by Crippen LogP contribution is 2.37. The van der Waals surface area contributed by atoms with Gasteiger partial charge in [0.1, 0.15) is 5.92 Å². The van der Waals surface area contributed by atoms with Crippen LogP contribution in [0, 0.1) is 17.2 Å². The molecule has 0 aromatic heterocycles. The molecule has 1 aliphatic rings. The predicted molar refractivity (Wildman–Crippen MR) is 127 cm³/mol. The Balaban J connectivity index is 1.99. The highest BCUT2D eigenvalue weighted by Gasteiger charge is 2.35. The zero-order valence-corrected chi connectivity index (χ0v) is 20.2. The molecule has 0 radical (unpaired) electrons. The maximum Gasteiger partial charge on any atom is 0.240 e. The molecule has 2 unspecified atom stereocenters. The lowest BCUT2D eigenvalue weighted by atomic mass is 9.81. The molecule has 1 amide bonds. The van der Waals surface area contributed by atoms with Crippen molar-refractivity contribution < 1.29 is 19.1 Å². The molecular weight excluding hydrogens is 463 g/mol. The SMILES string of the molecule is COc1ccc(C(CC(=O)c2ccc(Cl)c(Cl)c2)C(C#N)C(=O)N2CCCCC2)cc1OC. The fourth-order valence-electron chi connectivity index (χ4n) is 4.13. The summed E-state index contributed by atoms with van der Waals surface area (Å²) >= 11 is 12.1. The Morgan fingerprint density at radius 1 is 1.00 bits per heavy atom. The summed E-state index contributed by atoms with van der Waals surface area (Å²) in [7, 11) is 3.04. The zero-order valence-electron chi connectivity index (χ0n) is 18.6. The van der Waals surface area contributed by atoms with E-state index in [9.17, 15) is 14.9 Å². The minimum absolute atomic E-state index is 0.0503. The number of nitriles is 1. The summed E-state index contributed by atoms with van der Waals surface area (Å²) in [6.45, 7) is 1.24. The van der Waals surface area contributed by atoms with Crippen LogP contribution in [0.2, 0.25) is 10.0 Å². The molecule has 2 atom stereocenters. The van der Waals surface area contributed by atoms with Gasteiger partial charge < -0.3 is 14.4 Å². The van der Waals surface area contributed by atoms with Crippen molar-refractivity contribution in [2.75, 3.05) is 27.3 Å². The van der Waals surface area contributed by atoms with Gasteiger partial charge in [-0.3, -0.25) is 9.59 Å². The number of nitrogens with zero attached hydrogens (tertiary/aromatic N) is 2. The number of methoxy groups -OCH3 is 2. The first-order valence-corrected chi connectivity index (χ1v) is 11.5. The van der Waals surface area contributed by atoms with E-state index in [0.717, 1.165) is 19.3 Å². The number of likely N-dealkylation sites (tertiary alicyclic amines) is 1. The number of ketones is 1. The van der Waals surface area contributed by atoms with Crippen molar-refractivity contribution in [1.29, 1.82) is 5.26 Å². The van der Waals surface area contributed by atoms with Gasteiger partial charge >= 0.3 is 0 Å². The average Bonchev–Trinajstić information content (AvgIpc) is 2.85.